The Balaban J connectivity index is 1.45. The van der Waals surface area contributed by atoms with Gasteiger partial charge in [-0.05, 0) is 72.0 Å². The molecule has 36 heavy (non-hydrogen) atoms. The number of pyridine rings is 1. The van der Waals surface area contributed by atoms with Gasteiger partial charge in [0.15, 0.2) is 6.20 Å². The van der Waals surface area contributed by atoms with Crippen LogP contribution in [0.15, 0.2) is 71.3 Å². The van der Waals surface area contributed by atoms with Crippen LogP contribution in [0.4, 0.5) is 4.39 Å². The molecule has 5 aromatic rings. The molecule has 0 amide bonds. The minimum Gasteiger partial charge on any atom is -0.454 e. The maximum absolute atomic E-state index is 15.7. The van der Waals surface area contributed by atoms with Crippen molar-refractivity contribution in [3.8, 4) is 22.4 Å². The van der Waals surface area contributed by atoms with Crippen LogP contribution in [-0.2, 0) is 19.8 Å². The normalized spacial score (nSPS) is 22.4. The van der Waals surface area contributed by atoms with Gasteiger partial charge in [-0.3, -0.25) is 0 Å². The van der Waals surface area contributed by atoms with E-state index in [1.165, 1.54) is 6.07 Å². The number of benzene rings is 3. The summed E-state index contributed by atoms with van der Waals surface area (Å²) in [6.45, 7) is 2.04. The van der Waals surface area contributed by atoms with Gasteiger partial charge in [0, 0.05) is 28.4 Å². The molecule has 7 rings (SSSR count). The molecule has 1 atom stereocenters. The van der Waals surface area contributed by atoms with Crippen molar-refractivity contribution in [2.75, 3.05) is 0 Å². The quantitative estimate of drug-likeness (QED) is 0.238. The SMILES string of the molecule is [2H]C1([2H])c2ccc(-c3c(F)ccc4c3oc3c(-c5cccc[n+]5C)c(C)ccc34)cc2C([2H])([2H])C1C1CCCC1. The predicted octanol–water partition coefficient (Wildman–Crippen LogP) is 8.10. The summed E-state index contributed by atoms with van der Waals surface area (Å²) in [7, 11) is 1.98. The average molecular weight is 481 g/mol. The first-order valence-corrected chi connectivity index (χ1v) is 12.9. The number of hydrogen-bond acceptors (Lipinski definition) is 1. The van der Waals surface area contributed by atoms with Crippen LogP contribution in [0, 0.1) is 24.6 Å². The third-order valence-corrected chi connectivity index (χ3v) is 8.08. The second kappa shape index (κ2) is 8.30. The molecule has 2 aliphatic carbocycles. The number of furan rings is 1. The average Bonchev–Trinajstić information content (AvgIpc) is 3.59. The van der Waals surface area contributed by atoms with Gasteiger partial charge in [0.1, 0.15) is 24.0 Å². The van der Waals surface area contributed by atoms with Gasteiger partial charge in [-0.25, -0.2) is 8.96 Å². The van der Waals surface area contributed by atoms with Crippen LogP contribution in [0.25, 0.3) is 44.3 Å². The van der Waals surface area contributed by atoms with E-state index in [2.05, 4.69) is 6.07 Å². The number of nitrogens with zero attached hydrogens (tertiary/aromatic N) is 1. The molecule has 2 nitrogen and oxygen atoms in total. The molecule has 1 unspecified atom stereocenters. The highest BCUT2D eigenvalue weighted by atomic mass is 19.1. The van der Waals surface area contributed by atoms with E-state index in [9.17, 15) is 0 Å². The summed E-state index contributed by atoms with van der Waals surface area (Å²) in [5, 5.41) is 1.67. The van der Waals surface area contributed by atoms with E-state index in [4.69, 9.17) is 9.90 Å². The van der Waals surface area contributed by atoms with Crippen molar-refractivity contribution in [2.24, 2.45) is 18.9 Å². The van der Waals surface area contributed by atoms with Crippen LogP contribution in [0.3, 0.4) is 0 Å². The number of fused-ring (bicyclic) bond motifs is 4. The van der Waals surface area contributed by atoms with E-state index in [0.29, 0.717) is 27.9 Å². The fraction of sp³-hybridized carbons (Fsp3) is 0.303. The van der Waals surface area contributed by atoms with Gasteiger partial charge in [-0.1, -0.05) is 56.0 Å². The molecule has 3 heteroatoms. The fourth-order valence-corrected chi connectivity index (χ4v) is 6.19. The van der Waals surface area contributed by atoms with Gasteiger partial charge in [-0.15, -0.1) is 0 Å². The van der Waals surface area contributed by atoms with Crippen LogP contribution < -0.4 is 4.57 Å². The van der Waals surface area contributed by atoms with E-state index >= 15 is 4.39 Å². The van der Waals surface area contributed by atoms with Crippen molar-refractivity contribution in [1.82, 2.24) is 0 Å². The number of halogens is 1. The highest BCUT2D eigenvalue weighted by Gasteiger charge is 2.31. The van der Waals surface area contributed by atoms with Gasteiger partial charge in [0.2, 0.25) is 5.69 Å². The number of hydrogen-bond donors (Lipinski definition) is 0. The zero-order valence-electron chi connectivity index (χ0n) is 24.6. The lowest BCUT2D eigenvalue weighted by atomic mass is 9.88. The molecule has 0 radical (unpaired) electrons. The molecule has 2 aliphatic rings. The van der Waals surface area contributed by atoms with Crippen LogP contribution in [0.1, 0.15) is 47.9 Å². The number of rotatable bonds is 3. The van der Waals surface area contributed by atoms with Crippen molar-refractivity contribution in [1.29, 1.82) is 0 Å². The first kappa shape index (κ1) is 17.9. The molecule has 0 aliphatic heterocycles. The summed E-state index contributed by atoms with van der Waals surface area (Å²) in [4.78, 5) is 0. The second-order valence-electron chi connectivity index (χ2n) is 10.3. The predicted molar refractivity (Wildman–Crippen MR) is 143 cm³/mol. The Morgan fingerprint density at radius 2 is 1.61 bits per heavy atom. The van der Waals surface area contributed by atoms with Gasteiger partial charge >= 0.3 is 0 Å². The Morgan fingerprint density at radius 1 is 0.861 bits per heavy atom. The first-order valence-electron chi connectivity index (χ1n) is 14.9. The maximum Gasteiger partial charge on any atom is 0.216 e. The van der Waals surface area contributed by atoms with Crippen LogP contribution in [0.5, 0.6) is 0 Å². The molecule has 180 valence electrons. The number of aromatic nitrogens is 1. The smallest absolute Gasteiger partial charge is 0.216 e. The summed E-state index contributed by atoms with van der Waals surface area (Å²) in [5.74, 6) is -1.21. The van der Waals surface area contributed by atoms with Gasteiger partial charge in [0.05, 0.1) is 11.1 Å². The van der Waals surface area contributed by atoms with Crippen molar-refractivity contribution < 1.29 is 18.9 Å². The minimum absolute atomic E-state index is 0.00244. The third-order valence-electron chi connectivity index (χ3n) is 8.08. The number of aryl methyl sites for hydroxylation is 2. The Bertz CT molecular complexity index is 1820. The Morgan fingerprint density at radius 3 is 2.42 bits per heavy atom. The van der Waals surface area contributed by atoms with Crippen molar-refractivity contribution in [3.05, 3.63) is 89.4 Å². The topological polar surface area (TPSA) is 17.0 Å². The monoisotopic (exact) mass is 480 g/mol. The summed E-state index contributed by atoms with van der Waals surface area (Å²) in [6, 6.07) is 18.3. The van der Waals surface area contributed by atoms with Crippen molar-refractivity contribution in [2.45, 2.75) is 45.4 Å². The molecule has 0 saturated heterocycles. The summed E-state index contributed by atoms with van der Waals surface area (Å²) in [6.07, 6.45) is 2.06. The molecule has 2 heterocycles. The molecule has 0 N–H and O–H groups in total. The molecule has 1 fully saturated rings. The van der Waals surface area contributed by atoms with E-state index in [1.54, 1.807) is 24.3 Å². The second-order valence-corrected chi connectivity index (χ2v) is 10.3. The molecule has 2 aromatic heterocycles. The molecule has 1 saturated carbocycles. The third kappa shape index (κ3) is 3.32. The summed E-state index contributed by atoms with van der Waals surface area (Å²) in [5.41, 5.74) is 5.54. The van der Waals surface area contributed by atoms with Crippen LogP contribution in [0.2, 0.25) is 0 Å². The highest BCUT2D eigenvalue weighted by Crippen LogP contribution is 2.44. The Labute approximate surface area is 217 Å². The maximum atomic E-state index is 15.7. The fourth-order valence-electron chi connectivity index (χ4n) is 6.19. The first-order chi connectivity index (χ1) is 19.1. The molecule has 0 spiro atoms. The largest absolute Gasteiger partial charge is 0.454 e. The lowest BCUT2D eigenvalue weighted by molar-refractivity contribution is -0.660. The van der Waals surface area contributed by atoms with Crippen LogP contribution in [-0.4, -0.2) is 0 Å². The zero-order chi connectivity index (χ0) is 28.0. The van der Waals surface area contributed by atoms with E-state index in [1.807, 2.05) is 49.0 Å². The minimum atomic E-state index is -1.85. The van der Waals surface area contributed by atoms with Crippen molar-refractivity contribution in [3.63, 3.8) is 0 Å². The van der Waals surface area contributed by atoms with E-state index in [0.717, 1.165) is 53.3 Å². The summed E-state index contributed by atoms with van der Waals surface area (Å²) >= 11 is 0. The molecular formula is C33H31FNO+. The van der Waals surface area contributed by atoms with E-state index < -0.39 is 24.5 Å². The lowest BCUT2D eigenvalue weighted by Gasteiger charge is -2.16. The van der Waals surface area contributed by atoms with Gasteiger partial charge in [0.25, 0.3) is 0 Å². The molecular weight excluding hydrogens is 445 g/mol. The summed E-state index contributed by atoms with van der Waals surface area (Å²) < 4.78 is 60.3. The standard InChI is InChI=1S/C33H31FNO/c1-20-10-13-26-27-14-15-28(34)31(33(27)36-32(26)30(20)29-9-5-6-16-35(29)2)23-12-11-22-17-24(19-25(22)18-23)21-7-3-4-8-21/h5-6,9-16,18,21,24H,3-4,7-8,17,19H2,1-2H3/q+1/i17D2,19D2. The molecule has 3 aromatic carbocycles. The van der Waals surface area contributed by atoms with Crippen molar-refractivity contribution >= 4 is 21.9 Å². The Kier molecular flexibility index (Phi) is 4.12. The highest BCUT2D eigenvalue weighted by molar-refractivity contribution is 6.13. The zero-order valence-corrected chi connectivity index (χ0v) is 20.6. The molecule has 0 bridgehead atoms. The van der Waals surface area contributed by atoms with E-state index in [-0.39, 0.29) is 11.5 Å². The van der Waals surface area contributed by atoms with Gasteiger partial charge < -0.3 is 4.42 Å². The van der Waals surface area contributed by atoms with Crippen LogP contribution >= 0.6 is 0 Å². The van der Waals surface area contributed by atoms with Gasteiger partial charge in [-0.2, -0.15) is 0 Å². The lowest BCUT2D eigenvalue weighted by Crippen LogP contribution is -2.30. The Hall–Kier alpha value is -3.46.